The molecule has 0 radical (unpaired) electrons. The van der Waals surface area contributed by atoms with Gasteiger partial charge >= 0.3 is 17.9 Å². The van der Waals surface area contributed by atoms with E-state index in [9.17, 15) is 14.4 Å². The summed E-state index contributed by atoms with van der Waals surface area (Å²) in [4.78, 5) is 35.6. The summed E-state index contributed by atoms with van der Waals surface area (Å²) in [6.45, 7) is 7.36. The van der Waals surface area contributed by atoms with E-state index in [4.69, 9.17) is 14.2 Å². The van der Waals surface area contributed by atoms with Crippen LogP contribution in [-0.2, 0) is 28.6 Å². The van der Waals surface area contributed by atoms with Gasteiger partial charge in [-0.3, -0.25) is 14.4 Å². The molecule has 0 N–H and O–H groups in total. The van der Waals surface area contributed by atoms with E-state index < -0.39 is 17.8 Å². The molecule has 150 valence electrons. The second-order valence-electron chi connectivity index (χ2n) is 7.04. The molecule has 1 aliphatic carbocycles. The number of hydrogen-bond donors (Lipinski definition) is 0. The average Bonchev–Trinajstić information content (AvgIpc) is 2.61. The molecule has 2 unspecified atom stereocenters. The molecule has 0 aliphatic heterocycles. The normalized spacial score (nSPS) is 25.4. The molecule has 0 aromatic carbocycles. The summed E-state index contributed by atoms with van der Waals surface area (Å²) < 4.78 is 16.9. The van der Waals surface area contributed by atoms with Gasteiger partial charge in [0.1, 0.15) is 17.8 Å². The van der Waals surface area contributed by atoms with Gasteiger partial charge in [-0.25, -0.2) is 0 Å². The second-order valence-corrected chi connectivity index (χ2v) is 7.04. The third kappa shape index (κ3) is 7.34. The van der Waals surface area contributed by atoms with Gasteiger partial charge in [-0.15, -0.1) is 0 Å². The van der Waals surface area contributed by atoms with Gasteiger partial charge in [0.2, 0.25) is 0 Å². The predicted octanol–water partition coefficient (Wildman–Crippen LogP) is 4.09. The molecule has 0 aromatic heterocycles. The van der Waals surface area contributed by atoms with E-state index in [0.29, 0.717) is 25.7 Å². The number of ether oxygens (including phenoxy) is 3. The largest absolute Gasteiger partial charge is 0.462 e. The van der Waals surface area contributed by atoms with Crippen LogP contribution in [0.5, 0.6) is 0 Å². The highest BCUT2D eigenvalue weighted by atomic mass is 16.6. The number of rotatable bonds is 10. The molecule has 0 heterocycles. The van der Waals surface area contributed by atoms with Crippen molar-refractivity contribution in [2.45, 2.75) is 110 Å². The van der Waals surface area contributed by atoms with Crippen molar-refractivity contribution in [2.75, 3.05) is 0 Å². The van der Waals surface area contributed by atoms with Crippen molar-refractivity contribution in [3.63, 3.8) is 0 Å². The Morgan fingerprint density at radius 1 is 0.808 bits per heavy atom. The molecule has 6 heteroatoms. The summed E-state index contributed by atoms with van der Waals surface area (Å²) in [5, 5.41) is 0. The Bertz CT molecular complexity index is 447. The molecule has 26 heavy (non-hydrogen) atoms. The Balaban J connectivity index is 3.00. The average molecular weight is 370 g/mol. The smallest absolute Gasteiger partial charge is 0.306 e. The van der Waals surface area contributed by atoms with Crippen LogP contribution in [0.1, 0.15) is 91.9 Å². The molecular formula is C20H34O6. The standard InChI is InChI=1S/C20H34O6/c1-5-9-10-11-20(26-19(23)8-4)13-15(24-17(21)6-2)12-16(14-20)25-18(22)7-3/h15-16H,5-14H2,1-4H3. The number of unbranched alkanes of at least 4 members (excludes halogenated alkanes) is 2. The molecule has 1 aliphatic rings. The summed E-state index contributed by atoms with van der Waals surface area (Å²) in [7, 11) is 0. The monoisotopic (exact) mass is 370 g/mol. The lowest BCUT2D eigenvalue weighted by atomic mass is 9.77. The summed E-state index contributed by atoms with van der Waals surface area (Å²) in [5.74, 6) is -0.854. The van der Waals surface area contributed by atoms with Gasteiger partial charge in [0.15, 0.2) is 0 Å². The van der Waals surface area contributed by atoms with E-state index in [1.165, 1.54) is 0 Å². The summed E-state index contributed by atoms with van der Waals surface area (Å²) in [6, 6.07) is 0. The van der Waals surface area contributed by atoms with Gasteiger partial charge in [-0.05, 0) is 12.8 Å². The van der Waals surface area contributed by atoms with Crippen molar-refractivity contribution in [1.82, 2.24) is 0 Å². The first-order chi connectivity index (χ1) is 12.4. The first-order valence-electron chi connectivity index (χ1n) is 9.98. The Hall–Kier alpha value is -1.59. The molecule has 1 saturated carbocycles. The van der Waals surface area contributed by atoms with Crippen LogP contribution < -0.4 is 0 Å². The minimum Gasteiger partial charge on any atom is -0.462 e. The third-order valence-electron chi connectivity index (χ3n) is 4.75. The molecule has 1 rings (SSSR count). The maximum atomic E-state index is 12.1. The van der Waals surface area contributed by atoms with Crippen LogP contribution in [-0.4, -0.2) is 35.7 Å². The summed E-state index contributed by atoms with van der Waals surface area (Å²) in [5.41, 5.74) is -0.738. The molecule has 0 aromatic rings. The Morgan fingerprint density at radius 3 is 1.73 bits per heavy atom. The fourth-order valence-corrected chi connectivity index (χ4v) is 3.44. The van der Waals surface area contributed by atoms with Crippen molar-refractivity contribution in [3.8, 4) is 0 Å². The minimum atomic E-state index is -0.738. The fourth-order valence-electron chi connectivity index (χ4n) is 3.44. The quantitative estimate of drug-likeness (QED) is 0.327. The Morgan fingerprint density at radius 2 is 1.31 bits per heavy atom. The lowest BCUT2D eigenvalue weighted by Crippen LogP contribution is -2.49. The SMILES string of the molecule is CCCCCC1(OC(=O)CC)CC(OC(=O)CC)CC(OC(=O)CC)C1. The van der Waals surface area contributed by atoms with E-state index in [2.05, 4.69) is 6.92 Å². The fraction of sp³-hybridized carbons (Fsp3) is 0.850. The summed E-state index contributed by atoms with van der Waals surface area (Å²) in [6.07, 6.45) is 5.12. The van der Waals surface area contributed by atoms with E-state index in [1.807, 2.05) is 0 Å². The van der Waals surface area contributed by atoms with E-state index in [-0.39, 0.29) is 37.2 Å². The lowest BCUT2D eigenvalue weighted by Gasteiger charge is -2.43. The molecule has 1 fully saturated rings. The Labute approximate surface area is 156 Å². The number of carbonyl (C=O) groups is 3. The van der Waals surface area contributed by atoms with Crippen LogP contribution in [0, 0.1) is 0 Å². The number of esters is 3. The second kappa shape index (κ2) is 11.2. The molecule has 0 bridgehead atoms. The number of hydrogen-bond acceptors (Lipinski definition) is 6. The van der Waals surface area contributed by atoms with Crippen LogP contribution in [0.25, 0.3) is 0 Å². The highest BCUT2D eigenvalue weighted by Crippen LogP contribution is 2.39. The minimum absolute atomic E-state index is 0.274. The first kappa shape index (κ1) is 22.5. The third-order valence-corrected chi connectivity index (χ3v) is 4.75. The van der Waals surface area contributed by atoms with Crippen LogP contribution >= 0.6 is 0 Å². The maximum Gasteiger partial charge on any atom is 0.306 e. The first-order valence-corrected chi connectivity index (χ1v) is 9.98. The van der Waals surface area contributed by atoms with E-state index in [0.717, 1.165) is 19.3 Å². The highest BCUT2D eigenvalue weighted by Gasteiger charge is 2.45. The van der Waals surface area contributed by atoms with Gasteiger partial charge < -0.3 is 14.2 Å². The topological polar surface area (TPSA) is 78.9 Å². The predicted molar refractivity (Wildman–Crippen MR) is 97.4 cm³/mol. The van der Waals surface area contributed by atoms with Crippen molar-refractivity contribution in [2.24, 2.45) is 0 Å². The molecule has 6 nitrogen and oxygen atoms in total. The zero-order valence-electron chi connectivity index (χ0n) is 16.7. The van der Waals surface area contributed by atoms with Gasteiger partial charge in [0.25, 0.3) is 0 Å². The van der Waals surface area contributed by atoms with Crippen LogP contribution in [0.4, 0.5) is 0 Å². The molecule has 0 amide bonds. The van der Waals surface area contributed by atoms with Crippen molar-refractivity contribution >= 4 is 17.9 Å². The van der Waals surface area contributed by atoms with Crippen LogP contribution in [0.3, 0.4) is 0 Å². The van der Waals surface area contributed by atoms with Gasteiger partial charge in [-0.1, -0.05) is 40.5 Å². The molecule has 2 atom stereocenters. The molecular weight excluding hydrogens is 336 g/mol. The van der Waals surface area contributed by atoms with Gasteiger partial charge in [0, 0.05) is 38.5 Å². The lowest BCUT2D eigenvalue weighted by molar-refractivity contribution is -0.186. The van der Waals surface area contributed by atoms with Crippen molar-refractivity contribution in [1.29, 1.82) is 0 Å². The highest BCUT2D eigenvalue weighted by molar-refractivity contribution is 5.70. The maximum absolute atomic E-state index is 12.1. The Kier molecular flexibility index (Phi) is 9.66. The summed E-state index contributed by atoms with van der Waals surface area (Å²) >= 11 is 0. The van der Waals surface area contributed by atoms with Crippen molar-refractivity contribution in [3.05, 3.63) is 0 Å². The van der Waals surface area contributed by atoms with Gasteiger partial charge in [-0.2, -0.15) is 0 Å². The van der Waals surface area contributed by atoms with E-state index in [1.54, 1.807) is 20.8 Å². The zero-order chi connectivity index (χ0) is 19.6. The van der Waals surface area contributed by atoms with E-state index >= 15 is 0 Å². The van der Waals surface area contributed by atoms with Crippen LogP contribution in [0.2, 0.25) is 0 Å². The zero-order valence-corrected chi connectivity index (χ0v) is 16.7. The molecule has 0 saturated heterocycles. The van der Waals surface area contributed by atoms with Crippen LogP contribution in [0.15, 0.2) is 0 Å². The number of carbonyl (C=O) groups excluding carboxylic acids is 3. The van der Waals surface area contributed by atoms with Gasteiger partial charge in [0.05, 0.1) is 0 Å². The molecule has 0 spiro atoms. The van der Waals surface area contributed by atoms with Crippen molar-refractivity contribution < 1.29 is 28.6 Å².